The molecular formula is C27H32N4O2. The summed E-state index contributed by atoms with van der Waals surface area (Å²) in [6.07, 6.45) is 3.48. The van der Waals surface area contributed by atoms with Gasteiger partial charge in [0.2, 0.25) is 5.91 Å². The zero-order chi connectivity index (χ0) is 23.4. The van der Waals surface area contributed by atoms with E-state index in [4.69, 9.17) is 4.98 Å². The van der Waals surface area contributed by atoms with Crippen molar-refractivity contribution in [3.63, 3.8) is 0 Å². The Hall–Kier alpha value is -3.25. The molecule has 6 heteroatoms. The summed E-state index contributed by atoms with van der Waals surface area (Å²) in [7, 11) is 0. The topological polar surface area (TPSA) is 74.3 Å². The van der Waals surface area contributed by atoms with E-state index in [1.165, 1.54) is 19.8 Å². The van der Waals surface area contributed by atoms with Crippen LogP contribution in [0.3, 0.4) is 0 Å². The molecule has 1 aromatic heterocycles. The van der Waals surface area contributed by atoms with Crippen LogP contribution < -0.4 is 10.6 Å². The molecule has 0 radical (unpaired) electrons. The summed E-state index contributed by atoms with van der Waals surface area (Å²) in [5, 5.41) is 6.77. The first-order valence-corrected chi connectivity index (χ1v) is 11.7. The number of carbonyl (C=O) groups is 2. The second-order valence-electron chi connectivity index (χ2n) is 8.97. The van der Waals surface area contributed by atoms with Crippen molar-refractivity contribution in [1.82, 2.24) is 15.2 Å². The molecule has 1 aliphatic rings. The number of pyridine rings is 1. The molecule has 0 unspecified atom stereocenters. The van der Waals surface area contributed by atoms with Gasteiger partial charge in [0.15, 0.2) is 0 Å². The molecular weight excluding hydrogens is 412 g/mol. The van der Waals surface area contributed by atoms with Crippen molar-refractivity contribution < 1.29 is 9.59 Å². The quantitative estimate of drug-likeness (QED) is 0.550. The van der Waals surface area contributed by atoms with E-state index in [2.05, 4.69) is 22.5 Å². The van der Waals surface area contributed by atoms with Crippen LogP contribution in [0.25, 0.3) is 22.2 Å². The standard InChI is InChI=1S/C27H32N4O2/c1-18-6-11-25-23(16-18)24(27(33)28-13-12-19(2)31-14-4-5-15-31)17-26(30-25)21-7-9-22(10-8-21)29-20(3)32/h6-11,16-17,19H,4-5,12-15H2,1-3H3,(H,28,33)(H,29,32)/t19-/m1/s1. The number of aryl methyl sites for hydroxylation is 1. The number of benzene rings is 2. The number of likely N-dealkylation sites (tertiary alicyclic amines) is 1. The van der Waals surface area contributed by atoms with Crippen LogP contribution in [0.2, 0.25) is 0 Å². The van der Waals surface area contributed by atoms with Crippen LogP contribution in [0.15, 0.2) is 48.5 Å². The van der Waals surface area contributed by atoms with Crippen LogP contribution in [0.4, 0.5) is 5.69 Å². The molecule has 6 nitrogen and oxygen atoms in total. The molecule has 0 bridgehead atoms. The van der Waals surface area contributed by atoms with Crippen molar-refractivity contribution >= 4 is 28.4 Å². The lowest BCUT2D eigenvalue weighted by molar-refractivity contribution is -0.114. The number of nitrogens with one attached hydrogen (secondary N) is 2. The molecule has 1 fully saturated rings. The molecule has 1 aliphatic heterocycles. The molecule has 2 heterocycles. The smallest absolute Gasteiger partial charge is 0.252 e. The van der Waals surface area contributed by atoms with Gasteiger partial charge in [-0.2, -0.15) is 0 Å². The van der Waals surface area contributed by atoms with Crippen LogP contribution in [0.1, 0.15) is 49.0 Å². The highest BCUT2D eigenvalue weighted by Crippen LogP contribution is 2.27. The zero-order valence-electron chi connectivity index (χ0n) is 19.6. The Labute approximate surface area is 195 Å². The van der Waals surface area contributed by atoms with Crippen molar-refractivity contribution in [3.05, 3.63) is 59.7 Å². The average molecular weight is 445 g/mol. The SMILES string of the molecule is CC(=O)Nc1ccc(-c2cc(C(=O)NCC[C@@H](C)N3CCCC3)c3cc(C)ccc3n2)cc1. The summed E-state index contributed by atoms with van der Waals surface area (Å²) >= 11 is 0. The number of rotatable bonds is 7. The van der Waals surface area contributed by atoms with E-state index >= 15 is 0 Å². The zero-order valence-corrected chi connectivity index (χ0v) is 19.6. The van der Waals surface area contributed by atoms with E-state index in [0.29, 0.717) is 18.2 Å². The molecule has 2 N–H and O–H groups in total. The lowest BCUT2D eigenvalue weighted by atomic mass is 10.0. The lowest BCUT2D eigenvalue weighted by Crippen LogP contribution is -2.34. The monoisotopic (exact) mass is 444 g/mol. The second kappa shape index (κ2) is 10.1. The van der Waals surface area contributed by atoms with Gasteiger partial charge >= 0.3 is 0 Å². The Kier molecular flexibility index (Phi) is 7.04. The van der Waals surface area contributed by atoms with E-state index < -0.39 is 0 Å². The molecule has 172 valence electrons. The van der Waals surface area contributed by atoms with Gasteiger partial charge in [0.1, 0.15) is 0 Å². The largest absolute Gasteiger partial charge is 0.352 e. The summed E-state index contributed by atoms with van der Waals surface area (Å²) < 4.78 is 0. The highest BCUT2D eigenvalue weighted by atomic mass is 16.2. The van der Waals surface area contributed by atoms with Crippen molar-refractivity contribution in [3.8, 4) is 11.3 Å². The molecule has 1 saturated heterocycles. The average Bonchev–Trinajstić information content (AvgIpc) is 3.33. The van der Waals surface area contributed by atoms with Gasteiger partial charge in [-0.05, 0) is 76.5 Å². The first-order chi connectivity index (χ1) is 15.9. The molecule has 4 rings (SSSR count). The van der Waals surface area contributed by atoms with Crippen LogP contribution in [0.5, 0.6) is 0 Å². The van der Waals surface area contributed by atoms with Crippen LogP contribution in [-0.2, 0) is 4.79 Å². The summed E-state index contributed by atoms with van der Waals surface area (Å²) in [4.78, 5) is 31.8. The van der Waals surface area contributed by atoms with E-state index in [1.54, 1.807) is 0 Å². The molecule has 33 heavy (non-hydrogen) atoms. The predicted molar refractivity (Wildman–Crippen MR) is 133 cm³/mol. The van der Waals surface area contributed by atoms with Crippen molar-refractivity contribution in [2.75, 3.05) is 25.0 Å². The maximum absolute atomic E-state index is 13.2. The van der Waals surface area contributed by atoms with Gasteiger partial charge in [-0.1, -0.05) is 23.8 Å². The van der Waals surface area contributed by atoms with Crippen LogP contribution in [-0.4, -0.2) is 47.4 Å². The van der Waals surface area contributed by atoms with Gasteiger partial charge in [0.05, 0.1) is 16.8 Å². The maximum atomic E-state index is 13.2. The Morgan fingerprint density at radius 1 is 1.06 bits per heavy atom. The molecule has 3 aromatic rings. The maximum Gasteiger partial charge on any atom is 0.252 e. The number of fused-ring (bicyclic) bond motifs is 1. The fraction of sp³-hybridized carbons (Fsp3) is 0.370. The van der Waals surface area contributed by atoms with E-state index in [0.717, 1.165) is 52.9 Å². The van der Waals surface area contributed by atoms with Crippen LogP contribution >= 0.6 is 0 Å². The number of carbonyl (C=O) groups excluding carboxylic acids is 2. The number of amides is 2. The molecule has 0 saturated carbocycles. The Bertz CT molecular complexity index is 1150. The van der Waals surface area contributed by atoms with Gasteiger partial charge in [-0.15, -0.1) is 0 Å². The Morgan fingerprint density at radius 3 is 2.48 bits per heavy atom. The van der Waals surface area contributed by atoms with Gasteiger partial charge in [-0.3, -0.25) is 9.59 Å². The first-order valence-electron chi connectivity index (χ1n) is 11.7. The van der Waals surface area contributed by atoms with Crippen molar-refractivity contribution in [2.45, 2.75) is 46.1 Å². The van der Waals surface area contributed by atoms with E-state index in [9.17, 15) is 9.59 Å². The van der Waals surface area contributed by atoms with Crippen molar-refractivity contribution in [2.24, 2.45) is 0 Å². The van der Waals surface area contributed by atoms with Gasteiger partial charge < -0.3 is 15.5 Å². The molecule has 0 aliphatic carbocycles. The summed E-state index contributed by atoms with van der Waals surface area (Å²) in [5.74, 6) is -0.183. The third-order valence-corrected chi connectivity index (χ3v) is 6.32. The summed E-state index contributed by atoms with van der Waals surface area (Å²) in [6.45, 7) is 8.71. The Balaban J connectivity index is 1.57. The second-order valence-corrected chi connectivity index (χ2v) is 8.97. The van der Waals surface area contributed by atoms with Gasteiger partial charge in [-0.25, -0.2) is 4.98 Å². The summed E-state index contributed by atoms with van der Waals surface area (Å²) in [6, 6.07) is 15.9. The lowest BCUT2D eigenvalue weighted by Gasteiger charge is -2.23. The minimum atomic E-state index is -0.111. The minimum Gasteiger partial charge on any atom is -0.352 e. The number of anilines is 1. The molecule has 2 aromatic carbocycles. The number of hydrogen-bond donors (Lipinski definition) is 2. The van der Waals surface area contributed by atoms with E-state index in [-0.39, 0.29) is 11.8 Å². The van der Waals surface area contributed by atoms with Gasteiger partial charge in [0, 0.05) is 36.1 Å². The number of nitrogens with zero attached hydrogens (tertiary/aromatic N) is 2. The third kappa shape index (κ3) is 5.57. The van der Waals surface area contributed by atoms with Crippen molar-refractivity contribution in [1.29, 1.82) is 0 Å². The predicted octanol–water partition coefficient (Wildman–Crippen LogP) is 4.77. The number of hydrogen-bond acceptors (Lipinski definition) is 4. The Morgan fingerprint density at radius 2 is 1.79 bits per heavy atom. The first kappa shape index (κ1) is 22.9. The highest BCUT2D eigenvalue weighted by molar-refractivity contribution is 6.07. The van der Waals surface area contributed by atoms with E-state index in [1.807, 2.05) is 55.5 Å². The van der Waals surface area contributed by atoms with Gasteiger partial charge in [0.25, 0.3) is 5.91 Å². The highest BCUT2D eigenvalue weighted by Gasteiger charge is 2.19. The molecule has 0 spiro atoms. The fourth-order valence-electron chi connectivity index (χ4n) is 4.46. The third-order valence-electron chi connectivity index (χ3n) is 6.32. The minimum absolute atomic E-state index is 0.0715. The molecule has 2 amide bonds. The van der Waals surface area contributed by atoms with Crippen LogP contribution in [0, 0.1) is 6.92 Å². The number of aromatic nitrogens is 1. The molecule has 1 atom stereocenters. The summed E-state index contributed by atoms with van der Waals surface area (Å²) in [5.41, 5.74) is 4.87. The fourth-order valence-corrected chi connectivity index (χ4v) is 4.46. The normalized spacial score (nSPS) is 14.9.